The summed E-state index contributed by atoms with van der Waals surface area (Å²) < 4.78 is 28.5. The first-order valence-electron chi connectivity index (χ1n) is 6.35. The van der Waals surface area contributed by atoms with Crippen LogP contribution in [0.15, 0.2) is 33.2 Å². The fraction of sp³-hybridized carbons (Fsp3) is 0.308. The predicted molar refractivity (Wildman–Crippen MR) is 89.2 cm³/mol. The number of sulfonamides is 1. The molecule has 0 radical (unpaired) electrons. The standard InChI is InChI=1S/C13H16BrN3O2S2/c1-3-15-7-12-13(9(2)8-20-12)21(18,19)17-11-4-5-16-6-10(11)14/h4-6,8,15H,3,7H2,1-2H3,(H,16,17). The molecule has 0 aliphatic rings. The van der Waals surface area contributed by atoms with Crippen molar-refractivity contribution in [2.75, 3.05) is 11.3 Å². The normalized spacial score (nSPS) is 11.6. The number of nitrogens with zero attached hydrogens (tertiary/aromatic N) is 1. The molecule has 0 atom stereocenters. The Balaban J connectivity index is 2.36. The van der Waals surface area contributed by atoms with E-state index < -0.39 is 10.0 Å². The molecule has 0 unspecified atom stereocenters. The summed E-state index contributed by atoms with van der Waals surface area (Å²) in [6.07, 6.45) is 3.10. The zero-order valence-electron chi connectivity index (χ0n) is 11.7. The van der Waals surface area contributed by atoms with Crippen LogP contribution in [-0.2, 0) is 16.6 Å². The molecule has 0 spiro atoms. The van der Waals surface area contributed by atoms with Gasteiger partial charge in [-0.3, -0.25) is 9.71 Å². The van der Waals surface area contributed by atoms with E-state index >= 15 is 0 Å². The number of rotatable bonds is 6. The van der Waals surface area contributed by atoms with E-state index in [4.69, 9.17) is 0 Å². The van der Waals surface area contributed by atoms with Crippen molar-refractivity contribution in [3.63, 3.8) is 0 Å². The second kappa shape index (κ2) is 6.87. The molecule has 0 aliphatic heterocycles. The number of thiophene rings is 1. The maximum atomic E-state index is 12.6. The van der Waals surface area contributed by atoms with Crippen molar-refractivity contribution in [2.24, 2.45) is 0 Å². The molecule has 0 bridgehead atoms. The number of pyridine rings is 1. The smallest absolute Gasteiger partial charge is 0.263 e. The van der Waals surface area contributed by atoms with E-state index in [0.29, 0.717) is 21.6 Å². The second-order valence-electron chi connectivity index (χ2n) is 4.41. The highest BCUT2D eigenvalue weighted by Crippen LogP contribution is 2.30. The summed E-state index contributed by atoms with van der Waals surface area (Å²) in [5.74, 6) is 0. The molecule has 2 heterocycles. The summed E-state index contributed by atoms with van der Waals surface area (Å²) >= 11 is 4.74. The van der Waals surface area contributed by atoms with Crippen molar-refractivity contribution < 1.29 is 8.42 Å². The molecule has 0 fully saturated rings. The average Bonchev–Trinajstić information content (AvgIpc) is 2.81. The van der Waals surface area contributed by atoms with E-state index in [-0.39, 0.29) is 0 Å². The fourth-order valence-electron chi connectivity index (χ4n) is 1.86. The molecule has 2 aromatic heterocycles. The molecule has 0 saturated heterocycles. The van der Waals surface area contributed by atoms with Gasteiger partial charge in [-0.05, 0) is 46.4 Å². The summed E-state index contributed by atoms with van der Waals surface area (Å²) in [7, 11) is -3.62. The van der Waals surface area contributed by atoms with E-state index in [9.17, 15) is 8.42 Å². The molecule has 0 aromatic carbocycles. The lowest BCUT2D eigenvalue weighted by atomic mass is 10.3. The van der Waals surface area contributed by atoms with Gasteiger partial charge in [0, 0.05) is 23.8 Å². The Morgan fingerprint density at radius 1 is 1.43 bits per heavy atom. The molecule has 2 aromatic rings. The summed E-state index contributed by atoms with van der Waals surface area (Å²) in [5.41, 5.74) is 1.23. The Bertz CT molecular complexity index is 729. The van der Waals surface area contributed by atoms with E-state index in [2.05, 4.69) is 31.0 Å². The van der Waals surface area contributed by atoms with Gasteiger partial charge in [-0.25, -0.2) is 8.42 Å². The largest absolute Gasteiger partial charge is 0.312 e. The van der Waals surface area contributed by atoms with Crippen LogP contribution in [0.3, 0.4) is 0 Å². The van der Waals surface area contributed by atoms with E-state index in [1.807, 2.05) is 19.2 Å². The molecule has 8 heteroatoms. The first kappa shape index (κ1) is 16.4. The fourth-order valence-corrected chi connectivity index (χ4v) is 5.21. The molecule has 2 N–H and O–H groups in total. The highest BCUT2D eigenvalue weighted by atomic mass is 79.9. The SMILES string of the molecule is CCNCc1scc(C)c1S(=O)(=O)Nc1ccncc1Br. The molecule has 0 saturated carbocycles. The highest BCUT2D eigenvalue weighted by Gasteiger charge is 2.23. The van der Waals surface area contributed by atoms with Gasteiger partial charge >= 0.3 is 0 Å². The monoisotopic (exact) mass is 389 g/mol. The number of anilines is 1. The maximum Gasteiger partial charge on any atom is 0.263 e. The quantitative estimate of drug-likeness (QED) is 0.795. The van der Waals surface area contributed by atoms with Gasteiger partial charge in [0.15, 0.2) is 0 Å². The molecule has 114 valence electrons. The number of nitrogens with one attached hydrogen (secondary N) is 2. The molecule has 5 nitrogen and oxygen atoms in total. The van der Waals surface area contributed by atoms with Crippen LogP contribution in [0.2, 0.25) is 0 Å². The zero-order chi connectivity index (χ0) is 15.5. The lowest BCUT2D eigenvalue weighted by Gasteiger charge is -2.11. The number of aryl methyl sites for hydroxylation is 1. The Labute approximate surface area is 137 Å². The molecule has 21 heavy (non-hydrogen) atoms. The van der Waals surface area contributed by atoms with Crippen LogP contribution in [0, 0.1) is 6.92 Å². The molecule has 2 rings (SSSR count). The number of aromatic nitrogens is 1. The first-order valence-corrected chi connectivity index (χ1v) is 9.51. The van der Waals surface area contributed by atoms with Crippen molar-refractivity contribution in [3.05, 3.63) is 38.8 Å². The number of hydrogen-bond acceptors (Lipinski definition) is 5. The van der Waals surface area contributed by atoms with Gasteiger partial charge in [0.25, 0.3) is 10.0 Å². The Hall–Kier alpha value is -0.960. The third-order valence-corrected chi connectivity index (χ3v) is 6.27. The van der Waals surface area contributed by atoms with E-state index in [1.54, 1.807) is 18.5 Å². The Kier molecular flexibility index (Phi) is 5.37. The minimum Gasteiger partial charge on any atom is -0.312 e. The second-order valence-corrected chi connectivity index (χ2v) is 7.85. The lowest BCUT2D eigenvalue weighted by Crippen LogP contribution is -2.18. The van der Waals surface area contributed by atoms with Gasteiger partial charge in [0.1, 0.15) is 4.90 Å². The minimum absolute atomic E-state index is 0.358. The van der Waals surface area contributed by atoms with Crippen molar-refractivity contribution >= 4 is 43.0 Å². The summed E-state index contributed by atoms with van der Waals surface area (Å²) in [4.78, 5) is 5.09. The van der Waals surface area contributed by atoms with Crippen LogP contribution >= 0.6 is 27.3 Å². The first-order chi connectivity index (χ1) is 9.95. The molecule has 0 aliphatic carbocycles. The van der Waals surface area contributed by atoms with Crippen molar-refractivity contribution in [1.82, 2.24) is 10.3 Å². The van der Waals surface area contributed by atoms with Crippen LogP contribution in [0.5, 0.6) is 0 Å². The summed E-state index contributed by atoms with van der Waals surface area (Å²) in [5, 5.41) is 5.03. The summed E-state index contributed by atoms with van der Waals surface area (Å²) in [6, 6.07) is 1.62. The highest BCUT2D eigenvalue weighted by molar-refractivity contribution is 9.10. The van der Waals surface area contributed by atoms with Gasteiger partial charge in [-0.1, -0.05) is 6.92 Å². The third-order valence-electron chi connectivity index (χ3n) is 2.81. The van der Waals surface area contributed by atoms with Gasteiger partial charge in [-0.15, -0.1) is 11.3 Å². The molecule has 0 amide bonds. The minimum atomic E-state index is -3.62. The van der Waals surface area contributed by atoms with Crippen LogP contribution < -0.4 is 10.0 Å². The average molecular weight is 390 g/mol. The van der Waals surface area contributed by atoms with Crippen molar-refractivity contribution in [1.29, 1.82) is 0 Å². The molecular weight excluding hydrogens is 374 g/mol. The van der Waals surface area contributed by atoms with Crippen LogP contribution in [0.25, 0.3) is 0 Å². The third kappa shape index (κ3) is 3.82. The van der Waals surface area contributed by atoms with Gasteiger partial charge in [0.05, 0.1) is 10.2 Å². The topological polar surface area (TPSA) is 71.1 Å². The van der Waals surface area contributed by atoms with Crippen molar-refractivity contribution in [2.45, 2.75) is 25.3 Å². The molecular formula is C13H16BrN3O2S2. The number of hydrogen-bond donors (Lipinski definition) is 2. The van der Waals surface area contributed by atoms with Gasteiger partial charge in [0.2, 0.25) is 0 Å². The van der Waals surface area contributed by atoms with Crippen LogP contribution in [0.4, 0.5) is 5.69 Å². The maximum absolute atomic E-state index is 12.6. The van der Waals surface area contributed by atoms with Crippen molar-refractivity contribution in [3.8, 4) is 0 Å². The predicted octanol–water partition coefficient (Wildman–Crippen LogP) is 3.12. The zero-order valence-corrected chi connectivity index (χ0v) is 14.9. The van der Waals surface area contributed by atoms with Gasteiger partial charge < -0.3 is 5.32 Å². The van der Waals surface area contributed by atoms with Crippen LogP contribution in [-0.4, -0.2) is 19.9 Å². The van der Waals surface area contributed by atoms with E-state index in [1.165, 1.54) is 11.3 Å². The lowest BCUT2D eigenvalue weighted by molar-refractivity contribution is 0.599. The van der Waals surface area contributed by atoms with Crippen LogP contribution in [0.1, 0.15) is 17.4 Å². The van der Waals surface area contributed by atoms with Gasteiger partial charge in [-0.2, -0.15) is 0 Å². The summed E-state index contributed by atoms with van der Waals surface area (Å²) in [6.45, 7) is 5.13. The number of halogens is 1. The Morgan fingerprint density at radius 2 is 2.19 bits per heavy atom. The Morgan fingerprint density at radius 3 is 2.86 bits per heavy atom. The van der Waals surface area contributed by atoms with E-state index in [0.717, 1.165) is 17.0 Å².